The molecule has 0 saturated heterocycles. The zero-order valence-electron chi connectivity index (χ0n) is 5.92. The molecule has 52 valence electrons. The summed E-state index contributed by atoms with van der Waals surface area (Å²) in [6.07, 6.45) is 4.17. The highest BCUT2D eigenvalue weighted by molar-refractivity contribution is 5.65. The van der Waals surface area contributed by atoms with E-state index in [0.717, 1.165) is 5.76 Å². The van der Waals surface area contributed by atoms with E-state index >= 15 is 0 Å². The second-order valence-electron chi connectivity index (χ2n) is 2.61. The maximum Gasteiger partial charge on any atom is 0.162 e. The van der Waals surface area contributed by atoms with Crippen molar-refractivity contribution in [2.45, 2.75) is 19.8 Å². The lowest BCUT2D eigenvalue weighted by Crippen LogP contribution is -1.71. The van der Waals surface area contributed by atoms with Gasteiger partial charge in [-0.05, 0) is 25.3 Å². The van der Waals surface area contributed by atoms with E-state index in [1.165, 1.54) is 24.0 Å². The molecular weight excluding hydrogens is 126 g/mol. The Bertz CT molecular complexity index is 253. The summed E-state index contributed by atoms with van der Waals surface area (Å²) in [5.74, 6) is 0.924. The maximum absolute atomic E-state index is 4.99. The van der Waals surface area contributed by atoms with Crippen LogP contribution in [0.25, 0.3) is 5.57 Å². The van der Waals surface area contributed by atoms with Crippen LogP contribution in [0.2, 0.25) is 0 Å². The molecule has 0 atom stereocenters. The minimum absolute atomic E-state index is 0.924. The summed E-state index contributed by atoms with van der Waals surface area (Å²) in [5, 5.41) is 3.64. The molecule has 1 aliphatic rings. The van der Waals surface area contributed by atoms with Gasteiger partial charge in [-0.25, -0.2) is 0 Å². The zero-order valence-corrected chi connectivity index (χ0v) is 5.92. The van der Waals surface area contributed by atoms with E-state index in [9.17, 15) is 0 Å². The van der Waals surface area contributed by atoms with Crippen molar-refractivity contribution in [3.63, 3.8) is 0 Å². The van der Waals surface area contributed by atoms with Crippen molar-refractivity contribution in [3.8, 4) is 0 Å². The molecular formula is C8H9NO. The van der Waals surface area contributed by atoms with Gasteiger partial charge in [0.1, 0.15) is 0 Å². The molecule has 0 spiro atoms. The summed E-state index contributed by atoms with van der Waals surface area (Å²) in [7, 11) is 0. The van der Waals surface area contributed by atoms with E-state index in [1.807, 2.05) is 6.07 Å². The standard InChI is InChI=1S/C8H9NO/c1-6(7-2-3-7)8-4-5-9-10-8/h4-5H,2-3H2,1H3. The van der Waals surface area contributed by atoms with Gasteiger partial charge in [0.2, 0.25) is 0 Å². The average Bonchev–Trinajstić information content (AvgIpc) is 2.65. The zero-order chi connectivity index (χ0) is 6.97. The lowest BCUT2D eigenvalue weighted by atomic mass is 10.2. The van der Waals surface area contributed by atoms with Crippen LogP contribution in [-0.4, -0.2) is 5.16 Å². The predicted molar refractivity (Wildman–Crippen MR) is 38.3 cm³/mol. The minimum atomic E-state index is 0.924. The van der Waals surface area contributed by atoms with Crippen molar-refractivity contribution in [1.29, 1.82) is 0 Å². The number of rotatable bonds is 1. The van der Waals surface area contributed by atoms with Crippen LogP contribution in [0.1, 0.15) is 25.5 Å². The Balaban J connectivity index is 2.36. The highest BCUT2D eigenvalue weighted by Crippen LogP contribution is 2.35. The lowest BCUT2D eigenvalue weighted by molar-refractivity contribution is 0.410. The van der Waals surface area contributed by atoms with Gasteiger partial charge in [0, 0.05) is 6.07 Å². The van der Waals surface area contributed by atoms with E-state index in [4.69, 9.17) is 4.52 Å². The van der Waals surface area contributed by atoms with Crippen molar-refractivity contribution < 1.29 is 4.52 Å². The molecule has 1 aromatic heterocycles. The summed E-state index contributed by atoms with van der Waals surface area (Å²) in [4.78, 5) is 0. The molecule has 1 fully saturated rings. The van der Waals surface area contributed by atoms with Crippen molar-refractivity contribution in [2.75, 3.05) is 0 Å². The Morgan fingerprint density at radius 2 is 2.40 bits per heavy atom. The molecule has 0 radical (unpaired) electrons. The van der Waals surface area contributed by atoms with Crippen LogP contribution in [0.5, 0.6) is 0 Å². The quantitative estimate of drug-likeness (QED) is 0.590. The molecule has 2 rings (SSSR count). The number of hydrogen-bond acceptors (Lipinski definition) is 2. The van der Waals surface area contributed by atoms with E-state index in [1.54, 1.807) is 6.20 Å². The highest BCUT2D eigenvalue weighted by Gasteiger charge is 2.17. The SMILES string of the molecule is CC(=C1CC1)c1ccno1. The molecule has 0 aliphatic heterocycles. The molecule has 0 unspecified atom stereocenters. The Morgan fingerprint density at radius 1 is 1.60 bits per heavy atom. The van der Waals surface area contributed by atoms with Crippen LogP contribution in [0.4, 0.5) is 0 Å². The molecule has 1 heterocycles. The fourth-order valence-corrected chi connectivity index (χ4v) is 1.02. The predicted octanol–water partition coefficient (Wildman–Crippen LogP) is 2.24. The smallest absolute Gasteiger partial charge is 0.162 e. The summed E-state index contributed by atoms with van der Waals surface area (Å²) in [6.45, 7) is 2.09. The molecule has 0 bridgehead atoms. The number of aromatic nitrogens is 1. The fourth-order valence-electron chi connectivity index (χ4n) is 1.02. The van der Waals surface area contributed by atoms with E-state index in [0.29, 0.717) is 0 Å². The molecule has 2 heteroatoms. The Hall–Kier alpha value is -1.05. The van der Waals surface area contributed by atoms with Crippen LogP contribution >= 0.6 is 0 Å². The van der Waals surface area contributed by atoms with Crippen molar-refractivity contribution in [1.82, 2.24) is 5.16 Å². The monoisotopic (exact) mass is 135 g/mol. The Kier molecular flexibility index (Phi) is 1.13. The first-order chi connectivity index (χ1) is 4.88. The van der Waals surface area contributed by atoms with Gasteiger partial charge in [-0.1, -0.05) is 10.7 Å². The number of hydrogen-bond donors (Lipinski definition) is 0. The van der Waals surface area contributed by atoms with Gasteiger partial charge >= 0.3 is 0 Å². The molecule has 0 N–H and O–H groups in total. The average molecular weight is 135 g/mol. The summed E-state index contributed by atoms with van der Waals surface area (Å²) >= 11 is 0. The van der Waals surface area contributed by atoms with Gasteiger partial charge in [-0.15, -0.1) is 0 Å². The first-order valence-electron chi connectivity index (χ1n) is 3.47. The van der Waals surface area contributed by atoms with Gasteiger partial charge in [0.05, 0.1) is 6.20 Å². The third-order valence-corrected chi connectivity index (χ3v) is 1.84. The largest absolute Gasteiger partial charge is 0.357 e. The van der Waals surface area contributed by atoms with Crippen molar-refractivity contribution >= 4 is 5.57 Å². The maximum atomic E-state index is 4.99. The molecule has 0 aromatic carbocycles. The summed E-state index contributed by atoms with van der Waals surface area (Å²) in [6, 6.07) is 1.90. The van der Waals surface area contributed by atoms with Gasteiger partial charge in [0.25, 0.3) is 0 Å². The first-order valence-corrected chi connectivity index (χ1v) is 3.47. The van der Waals surface area contributed by atoms with E-state index in [2.05, 4.69) is 12.1 Å². The van der Waals surface area contributed by atoms with E-state index in [-0.39, 0.29) is 0 Å². The van der Waals surface area contributed by atoms with Crippen LogP contribution in [0.15, 0.2) is 22.4 Å². The molecule has 0 amide bonds. The van der Waals surface area contributed by atoms with Crippen molar-refractivity contribution in [2.24, 2.45) is 0 Å². The minimum Gasteiger partial charge on any atom is -0.357 e. The van der Waals surface area contributed by atoms with Gasteiger partial charge in [-0.2, -0.15) is 0 Å². The molecule has 1 saturated carbocycles. The second kappa shape index (κ2) is 1.97. The summed E-state index contributed by atoms with van der Waals surface area (Å²) in [5.41, 5.74) is 2.79. The molecule has 1 aromatic rings. The third kappa shape index (κ3) is 0.856. The topological polar surface area (TPSA) is 26.0 Å². The highest BCUT2D eigenvalue weighted by atomic mass is 16.5. The van der Waals surface area contributed by atoms with Crippen LogP contribution in [0.3, 0.4) is 0 Å². The van der Waals surface area contributed by atoms with Crippen LogP contribution in [-0.2, 0) is 0 Å². The molecule has 1 aliphatic carbocycles. The van der Waals surface area contributed by atoms with Crippen LogP contribution in [0, 0.1) is 0 Å². The molecule has 10 heavy (non-hydrogen) atoms. The van der Waals surface area contributed by atoms with Gasteiger partial charge < -0.3 is 4.52 Å². The summed E-state index contributed by atoms with van der Waals surface area (Å²) < 4.78 is 4.99. The van der Waals surface area contributed by atoms with Crippen LogP contribution < -0.4 is 0 Å². The normalized spacial score (nSPS) is 15.5. The first kappa shape index (κ1) is 5.71. The number of nitrogens with zero attached hydrogens (tertiary/aromatic N) is 1. The molecule has 2 nitrogen and oxygen atoms in total. The Morgan fingerprint density at radius 3 is 2.90 bits per heavy atom. The Labute approximate surface area is 59.5 Å². The van der Waals surface area contributed by atoms with Gasteiger partial charge in [0.15, 0.2) is 5.76 Å². The lowest BCUT2D eigenvalue weighted by Gasteiger charge is -1.89. The third-order valence-electron chi connectivity index (χ3n) is 1.84. The second-order valence-corrected chi connectivity index (χ2v) is 2.61. The fraction of sp³-hybridized carbons (Fsp3) is 0.375. The number of allylic oxidation sites excluding steroid dienone is 2. The van der Waals surface area contributed by atoms with Crippen molar-refractivity contribution in [3.05, 3.63) is 23.6 Å². The van der Waals surface area contributed by atoms with E-state index < -0.39 is 0 Å². The van der Waals surface area contributed by atoms with Gasteiger partial charge in [-0.3, -0.25) is 0 Å².